The van der Waals surface area contributed by atoms with Gasteiger partial charge >= 0.3 is 0 Å². The number of carbonyl (C=O) groups is 1. The molecule has 0 N–H and O–H groups in total. The van der Waals surface area contributed by atoms with Gasteiger partial charge in [0.05, 0.1) is 17.2 Å². The number of piperazine rings is 1. The Kier molecular flexibility index (Phi) is 5.58. The van der Waals surface area contributed by atoms with Gasteiger partial charge in [-0.1, -0.05) is 60.7 Å². The first kappa shape index (κ1) is 20.7. The molecule has 1 amide bonds. The van der Waals surface area contributed by atoms with Crippen LogP contribution in [0.4, 0.5) is 0 Å². The van der Waals surface area contributed by atoms with E-state index in [0.717, 1.165) is 25.9 Å². The molecule has 0 bridgehead atoms. The van der Waals surface area contributed by atoms with Crippen molar-refractivity contribution in [1.29, 1.82) is 0 Å². The molecule has 6 nitrogen and oxygen atoms in total. The molecule has 0 spiro atoms. The second-order valence-corrected chi connectivity index (χ2v) is 11.1. The van der Waals surface area contributed by atoms with Gasteiger partial charge in [-0.3, -0.25) is 9.69 Å². The van der Waals surface area contributed by atoms with E-state index in [0.29, 0.717) is 26.2 Å². The van der Waals surface area contributed by atoms with Gasteiger partial charge in [0.2, 0.25) is 15.9 Å². The van der Waals surface area contributed by atoms with Crippen LogP contribution in [0.5, 0.6) is 0 Å². The molecule has 1 saturated carbocycles. The van der Waals surface area contributed by atoms with Gasteiger partial charge in [-0.15, -0.1) is 0 Å². The van der Waals surface area contributed by atoms with E-state index < -0.39 is 10.0 Å². The van der Waals surface area contributed by atoms with E-state index in [1.165, 1.54) is 15.4 Å². The molecule has 164 valence electrons. The molecule has 3 fully saturated rings. The Hall–Kier alpha value is -2.22. The highest BCUT2D eigenvalue weighted by Gasteiger charge is 2.47. The smallest absolute Gasteiger partial charge is 0.228 e. The van der Waals surface area contributed by atoms with Gasteiger partial charge in [0, 0.05) is 39.3 Å². The quantitative estimate of drug-likeness (QED) is 0.693. The molecule has 0 unspecified atom stereocenters. The van der Waals surface area contributed by atoms with Crippen molar-refractivity contribution in [3.8, 4) is 0 Å². The molecule has 2 saturated heterocycles. The van der Waals surface area contributed by atoms with Crippen molar-refractivity contribution >= 4 is 15.9 Å². The molecule has 2 aromatic rings. The maximum Gasteiger partial charge on any atom is 0.228 e. The van der Waals surface area contributed by atoms with Gasteiger partial charge < -0.3 is 4.90 Å². The van der Waals surface area contributed by atoms with Gasteiger partial charge in [-0.2, -0.15) is 4.31 Å². The van der Waals surface area contributed by atoms with Gasteiger partial charge in [0.1, 0.15) is 0 Å². The Balaban J connectivity index is 1.22. The highest BCUT2D eigenvalue weighted by Crippen LogP contribution is 2.35. The van der Waals surface area contributed by atoms with E-state index in [4.69, 9.17) is 0 Å². The van der Waals surface area contributed by atoms with Crippen molar-refractivity contribution in [2.24, 2.45) is 5.92 Å². The normalized spacial score (nSPS) is 21.3. The fourth-order valence-corrected chi connectivity index (χ4v) is 6.65. The van der Waals surface area contributed by atoms with E-state index in [9.17, 15) is 13.2 Å². The molecular weight excluding hydrogens is 410 g/mol. The SMILES string of the molecule is O=C(C1CN(S(=O)(=O)C2CC2)C1)N1CCN(C(c2ccccc2)c2ccccc2)CC1. The lowest BCUT2D eigenvalue weighted by Crippen LogP contribution is -2.59. The molecule has 7 heteroatoms. The van der Waals surface area contributed by atoms with Crippen LogP contribution in [0.2, 0.25) is 0 Å². The van der Waals surface area contributed by atoms with Crippen molar-refractivity contribution in [1.82, 2.24) is 14.1 Å². The largest absolute Gasteiger partial charge is 0.340 e. The average molecular weight is 440 g/mol. The predicted octanol–water partition coefficient (Wildman–Crippen LogP) is 2.34. The third kappa shape index (κ3) is 4.14. The molecule has 3 aliphatic rings. The van der Waals surface area contributed by atoms with Crippen molar-refractivity contribution < 1.29 is 13.2 Å². The van der Waals surface area contributed by atoms with Crippen LogP contribution < -0.4 is 0 Å². The number of amides is 1. The third-order valence-corrected chi connectivity index (χ3v) is 9.06. The second kappa shape index (κ2) is 8.37. The Bertz CT molecular complexity index is 971. The van der Waals surface area contributed by atoms with Crippen LogP contribution in [0.15, 0.2) is 60.7 Å². The molecule has 0 radical (unpaired) electrons. The number of benzene rings is 2. The fourth-order valence-electron chi connectivity index (χ4n) is 4.72. The number of hydrogen-bond donors (Lipinski definition) is 0. The van der Waals surface area contributed by atoms with Crippen LogP contribution in [0.1, 0.15) is 30.0 Å². The summed E-state index contributed by atoms with van der Waals surface area (Å²) in [4.78, 5) is 17.3. The van der Waals surface area contributed by atoms with E-state index in [-0.39, 0.29) is 23.1 Å². The van der Waals surface area contributed by atoms with Crippen molar-refractivity contribution in [2.75, 3.05) is 39.3 Å². The zero-order chi connectivity index (χ0) is 21.4. The Morgan fingerprint density at radius 2 is 1.32 bits per heavy atom. The zero-order valence-electron chi connectivity index (χ0n) is 17.6. The molecule has 2 aromatic carbocycles. The first-order chi connectivity index (χ1) is 15.0. The molecule has 1 aliphatic carbocycles. The molecule has 5 rings (SSSR count). The molecule has 0 aromatic heterocycles. The summed E-state index contributed by atoms with van der Waals surface area (Å²) in [5, 5.41) is -0.194. The minimum Gasteiger partial charge on any atom is -0.340 e. The van der Waals surface area contributed by atoms with E-state index in [2.05, 4.69) is 53.4 Å². The van der Waals surface area contributed by atoms with E-state index >= 15 is 0 Å². The van der Waals surface area contributed by atoms with E-state index in [1.807, 2.05) is 17.0 Å². The Morgan fingerprint density at radius 1 is 0.806 bits per heavy atom. The van der Waals surface area contributed by atoms with Gasteiger partial charge in [0.15, 0.2) is 0 Å². The van der Waals surface area contributed by atoms with Gasteiger partial charge in [-0.05, 0) is 24.0 Å². The van der Waals surface area contributed by atoms with Crippen LogP contribution in [0, 0.1) is 5.92 Å². The van der Waals surface area contributed by atoms with Crippen molar-refractivity contribution in [2.45, 2.75) is 24.1 Å². The number of sulfonamides is 1. The average Bonchev–Trinajstić information content (AvgIpc) is 3.61. The minimum absolute atomic E-state index is 0.109. The lowest BCUT2D eigenvalue weighted by molar-refractivity contribution is -0.141. The molecule has 2 aliphatic heterocycles. The van der Waals surface area contributed by atoms with Crippen LogP contribution in [-0.4, -0.2) is 72.9 Å². The fraction of sp³-hybridized carbons (Fsp3) is 0.458. The predicted molar refractivity (Wildman–Crippen MR) is 120 cm³/mol. The maximum atomic E-state index is 12.9. The van der Waals surface area contributed by atoms with Gasteiger partial charge in [0.25, 0.3) is 0 Å². The highest BCUT2D eigenvalue weighted by molar-refractivity contribution is 7.90. The zero-order valence-corrected chi connectivity index (χ0v) is 18.5. The first-order valence-corrected chi connectivity index (χ1v) is 12.7. The standard InChI is InChI=1S/C24H29N3O3S/c28-24(21-17-27(18-21)31(29,30)22-11-12-22)26-15-13-25(14-16-26)23(19-7-3-1-4-8-19)20-9-5-2-6-10-20/h1-10,21-23H,11-18H2. The summed E-state index contributed by atoms with van der Waals surface area (Å²) < 4.78 is 26.1. The van der Waals surface area contributed by atoms with Crippen LogP contribution in [-0.2, 0) is 14.8 Å². The summed E-state index contributed by atoms with van der Waals surface area (Å²) in [6.45, 7) is 3.68. The number of rotatable bonds is 6. The van der Waals surface area contributed by atoms with E-state index in [1.54, 1.807) is 0 Å². The number of hydrogen-bond acceptors (Lipinski definition) is 4. The topological polar surface area (TPSA) is 60.9 Å². The summed E-state index contributed by atoms with van der Waals surface area (Å²) in [7, 11) is -3.15. The highest BCUT2D eigenvalue weighted by atomic mass is 32.2. The Morgan fingerprint density at radius 3 is 1.81 bits per heavy atom. The monoisotopic (exact) mass is 439 g/mol. The van der Waals surface area contributed by atoms with Gasteiger partial charge in [-0.25, -0.2) is 8.42 Å². The number of carbonyl (C=O) groups excluding carboxylic acids is 1. The third-order valence-electron chi connectivity index (χ3n) is 6.72. The molecule has 31 heavy (non-hydrogen) atoms. The lowest BCUT2D eigenvalue weighted by Gasteiger charge is -2.43. The summed E-state index contributed by atoms with van der Waals surface area (Å²) in [6.07, 6.45) is 1.53. The molecular formula is C24H29N3O3S. The van der Waals surface area contributed by atoms with Crippen LogP contribution in [0.3, 0.4) is 0 Å². The first-order valence-electron chi connectivity index (χ1n) is 11.2. The second-order valence-electron chi connectivity index (χ2n) is 8.84. The summed E-state index contributed by atoms with van der Waals surface area (Å²) in [5.74, 6) is -0.0722. The lowest BCUT2D eigenvalue weighted by atomic mass is 9.96. The summed E-state index contributed by atoms with van der Waals surface area (Å²) in [5.41, 5.74) is 2.52. The Labute approximate surface area is 184 Å². The number of nitrogens with zero attached hydrogens (tertiary/aromatic N) is 3. The van der Waals surface area contributed by atoms with Crippen LogP contribution >= 0.6 is 0 Å². The summed E-state index contributed by atoms with van der Waals surface area (Å²) in [6, 6.07) is 21.2. The molecule has 0 atom stereocenters. The van der Waals surface area contributed by atoms with Crippen LogP contribution in [0.25, 0.3) is 0 Å². The summed E-state index contributed by atoms with van der Waals surface area (Å²) >= 11 is 0. The molecule has 2 heterocycles. The maximum absolute atomic E-state index is 12.9. The van der Waals surface area contributed by atoms with Crippen molar-refractivity contribution in [3.05, 3.63) is 71.8 Å². The van der Waals surface area contributed by atoms with Crippen molar-refractivity contribution in [3.63, 3.8) is 0 Å². The minimum atomic E-state index is -3.15.